The van der Waals surface area contributed by atoms with Crippen LogP contribution in [-0.4, -0.2) is 32.2 Å². The molecule has 0 bridgehead atoms. The highest BCUT2D eigenvalue weighted by molar-refractivity contribution is 5.82. The molecular weight excluding hydrogens is 216 g/mol. The summed E-state index contributed by atoms with van der Waals surface area (Å²) in [7, 11) is 0. The van der Waals surface area contributed by atoms with E-state index in [1.54, 1.807) is 0 Å². The molecule has 0 aliphatic rings. The summed E-state index contributed by atoms with van der Waals surface area (Å²) in [6.07, 6.45) is 3.77. The molecule has 0 fully saturated rings. The van der Waals surface area contributed by atoms with Gasteiger partial charge in [-0.1, -0.05) is 27.2 Å². The zero-order valence-corrected chi connectivity index (χ0v) is 11.6. The first kappa shape index (κ1) is 16.4. The van der Waals surface area contributed by atoms with Crippen LogP contribution in [0, 0.1) is 5.41 Å². The molecule has 0 rings (SSSR count). The fraction of sp³-hybridized carbons (Fsp3) is 0.923. The number of unbranched alkanes of at least 4 members (excludes halogenated alkanes) is 1. The molecular formula is C13H28N2O2. The fourth-order valence-electron chi connectivity index (χ4n) is 1.73. The van der Waals surface area contributed by atoms with Crippen molar-refractivity contribution in [2.45, 2.75) is 46.5 Å². The smallest absolute Gasteiger partial charge is 0.227 e. The lowest BCUT2D eigenvalue weighted by Crippen LogP contribution is -2.46. The average Bonchev–Trinajstić information content (AvgIpc) is 2.36. The zero-order valence-electron chi connectivity index (χ0n) is 11.6. The van der Waals surface area contributed by atoms with Gasteiger partial charge in [-0.15, -0.1) is 0 Å². The Hall–Kier alpha value is -0.610. The molecule has 0 aliphatic carbocycles. The van der Waals surface area contributed by atoms with Crippen molar-refractivity contribution >= 4 is 5.91 Å². The topological polar surface area (TPSA) is 64.3 Å². The van der Waals surface area contributed by atoms with Crippen molar-refractivity contribution in [2.75, 3.05) is 26.3 Å². The van der Waals surface area contributed by atoms with Gasteiger partial charge in [0.05, 0.1) is 12.0 Å². The SMILES string of the molecule is CCCCOCCNC(=O)C(CC)(CC)CN. The Morgan fingerprint density at radius 1 is 1.24 bits per heavy atom. The van der Waals surface area contributed by atoms with Crippen molar-refractivity contribution in [3.63, 3.8) is 0 Å². The molecule has 102 valence electrons. The van der Waals surface area contributed by atoms with E-state index in [0.717, 1.165) is 32.3 Å². The molecule has 0 aromatic heterocycles. The molecule has 0 radical (unpaired) electrons. The fourth-order valence-corrected chi connectivity index (χ4v) is 1.73. The average molecular weight is 244 g/mol. The number of hydrogen-bond donors (Lipinski definition) is 2. The first-order chi connectivity index (χ1) is 8.16. The normalized spacial score (nSPS) is 11.5. The molecule has 0 aromatic carbocycles. The second-order valence-corrected chi connectivity index (χ2v) is 4.41. The third kappa shape index (κ3) is 5.50. The van der Waals surface area contributed by atoms with Gasteiger partial charge in [0.25, 0.3) is 0 Å². The summed E-state index contributed by atoms with van der Waals surface area (Å²) >= 11 is 0. The van der Waals surface area contributed by atoms with Crippen LogP contribution < -0.4 is 11.1 Å². The Balaban J connectivity index is 3.83. The number of rotatable bonds is 10. The summed E-state index contributed by atoms with van der Waals surface area (Å²) in [4.78, 5) is 12.0. The van der Waals surface area contributed by atoms with Gasteiger partial charge in [-0.05, 0) is 19.3 Å². The van der Waals surface area contributed by atoms with E-state index in [4.69, 9.17) is 10.5 Å². The highest BCUT2D eigenvalue weighted by Crippen LogP contribution is 2.24. The first-order valence-electron chi connectivity index (χ1n) is 6.73. The number of hydrogen-bond acceptors (Lipinski definition) is 3. The van der Waals surface area contributed by atoms with Crippen molar-refractivity contribution in [3.05, 3.63) is 0 Å². The molecule has 0 spiro atoms. The maximum Gasteiger partial charge on any atom is 0.227 e. The van der Waals surface area contributed by atoms with Crippen LogP contribution in [0.1, 0.15) is 46.5 Å². The summed E-state index contributed by atoms with van der Waals surface area (Å²) in [5.41, 5.74) is 5.31. The van der Waals surface area contributed by atoms with E-state index in [2.05, 4.69) is 12.2 Å². The molecule has 0 atom stereocenters. The standard InChI is InChI=1S/C13H28N2O2/c1-4-7-9-17-10-8-15-12(16)13(5-2,6-3)11-14/h4-11,14H2,1-3H3,(H,15,16). The van der Waals surface area contributed by atoms with Crippen LogP contribution >= 0.6 is 0 Å². The number of nitrogens with two attached hydrogens (primary N) is 1. The second kappa shape index (κ2) is 9.42. The zero-order chi connectivity index (χ0) is 13.1. The van der Waals surface area contributed by atoms with Crippen molar-refractivity contribution < 1.29 is 9.53 Å². The summed E-state index contributed by atoms with van der Waals surface area (Å²) in [6, 6.07) is 0. The van der Waals surface area contributed by atoms with E-state index in [-0.39, 0.29) is 5.91 Å². The Kier molecular flexibility index (Phi) is 9.09. The summed E-state index contributed by atoms with van der Waals surface area (Å²) in [5, 5.41) is 2.91. The highest BCUT2D eigenvalue weighted by Gasteiger charge is 2.32. The monoisotopic (exact) mass is 244 g/mol. The second-order valence-electron chi connectivity index (χ2n) is 4.41. The number of nitrogens with one attached hydrogen (secondary N) is 1. The molecule has 3 N–H and O–H groups in total. The van der Waals surface area contributed by atoms with Gasteiger partial charge in [-0.3, -0.25) is 4.79 Å². The molecule has 0 aliphatic heterocycles. The van der Waals surface area contributed by atoms with Gasteiger partial charge >= 0.3 is 0 Å². The minimum atomic E-state index is -0.399. The van der Waals surface area contributed by atoms with E-state index < -0.39 is 5.41 Å². The van der Waals surface area contributed by atoms with Crippen LogP contribution in [0.15, 0.2) is 0 Å². The van der Waals surface area contributed by atoms with E-state index in [1.165, 1.54) is 0 Å². The van der Waals surface area contributed by atoms with E-state index in [1.807, 2.05) is 13.8 Å². The first-order valence-corrected chi connectivity index (χ1v) is 6.73. The van der Waals surface area contributed by atoms with Gasteiger partial charge in [-0.25, -0.2) is 0 Å². The lowest BCUT2D eigenvalue weighted by molar-refractivity contribution is -0.131. The summed E-state index contributed by atoms with van der Waals surface area (Å²) in [5.74, 6) is 0.0593. The minimum Gasteiger partial charge on any atom is -0.380 e. The van der Waals surface area contributed by atoms with Crippen LogP contribution in [0.5, 0.6) is 0 Å². The van der Waals surface area contributed by atoms with Crippen LogP contribution in [0.2, 0.25) is 0 Å². The third-order valence-electron chi connectivity index (χ3n) is 3.40. The third-order valence-corrected chi connectivity index (χ3v) is 3.40. The van der Waals surface area contributed by atoms with Crippen LogP contribution in [0.25, 0.3) is 0 Å². The Morgan fingerprint density at radius 2 is 1.88 bits per heavy atom. The highest BCUT2D eigenvalue weighted by atomic mass is 16.5. The maximum absolute atomic E-state index is 12.0. The van der Waals surface area contributed by atoms with E-state index in [9.17, 15) is 4.79 Å². The van der Waals surface area contributed by atoms with E-state index in [0.29, 0.717) is 19.7 Å². The lowest BCUT2D eigenvalue weighted by Gasteiger charge is -2.28. The van der Waals surface area contributed by atoms with E-state index >= 15 is 0 Å². The Labute approximate surface area is 105 Å². The van der Waals surface area contributed by atoms with Crippen molar-refractivity contribution in [3.8, 4) is 0 Å². The minimum absolute atomic E-state index is 0.0593. The van der Waals surface area contributed by atoms with Gasteiger partial charge in [0.15, 0.2) is 0 Å². The number of amides is 1. The van der Waals surface area contributed by atoms with Gasteiger partial charge in [0.1, 0.15) is 0 Å². The van der Waals surface area contributed by atoms with Crippen LogP contribution in [0.4, 0.5) is 0 Å². The van der Waals surface area contributed by atoms with Gasteiger partial charge < -0.3 is 15.8 Å². The molecule has 1 amide bonds. The largest absolute Gasteiger partial charge is 0.380 e. The number of ether oxygens (including phenoxy) is 1. The molecule has 0 unspecified atom stereocenters. The van der Waals surface area contributed by atoms with Crippen LogP contribution in [-0.2, 0) is 9.53 Å². The lowest BCUT2D eigenvalue weighted by atomic mass is 9.81. The van der Waals surface area contributed by atoms with Gasteiger partial charge in [0.2, 0.25) is 5.91 Å². The predicted molar refractivity (Wildman–Crippen MR) is 70.8 cm³/mol. The maximum atomic E-state index is 12.0. The van der Waals surface area contributed by atoms with Crippen molar-refractivity contribution in [1.29, 1.82) is 0 Å². The molecule has 17 heavy (non-hydrogen) atoms. The number of carbonyl (C=O) groups is 1. The molecule has 0 heterocycles. The molecule has 0 aromatic rings. The van der Waals surface area contributed by atoms with Gasteiger partial charge in [-0.2, -0.15) is 0 Å². The molecule has 0 saturated heterocycles. The number of carbonyl (C=O) groups excluding carboxylic acids is 1. The summed E-state index contributed by atoms with van der Waals surface area (Å²) in [6.45, 7) is 8.48. The predicted octanol–water partition coefficient (Wildman–Crippen LogP) is 1.68. The van der Waals surface area contributed by atoms with Crippen molar-refractivity contribution in [1.82, 2.24) is 5.32 Å². The summed E-state index contributed by atoms with van der Waals surface area (Å²) < 4.78 is 5.39. The van der Waals surface area contributed by atoms with Crippen LogP contribution in [0.3, 0.4) is 0 Å². The molecule has 0 saturated carbocycles. The quantitative estimate of drug-likeness (QED) is 0.575. The van der Waals surface area contributed by atoms with Gasteiger partial charge in [0, 0.05) is 19.7 Å². The molecule has 4 nitrogen and oxygen atoms in total. The Morgan fingerprint density at radius 3 is 2.35 bits per heavy atom. The Bertz CT molecular complexity index is 195. The van der Waals surface area contributed by atoms with Crippen molar-refractivity contribution in [2.24, 2.45) is 11.1 Å². The molecule has 4 heteroatoms.